The first kappa shape index (κ1) is 12.5. The highest BCUT2D eigenvalue weighted by Crippen LogP contribution is 2.17. The Labute approximate surface area is 101 Å². The Hall–Kier alpha value is -0.970. The number of aliphatic hydroxyl groups excluding tert-OH is 1. The van der Waals surface area contributed by atoms with Gasteiger partial charge >= 0.3 is 0 Å². The molecule has 0 aromatic heterocycles. The molecule has 1 fully saturated rings. The molecule has 3 nitrogen and oxygen atoms in total. The van der Waals surface area contributed by atoms with Gasteiger partial charge in [-0.1, -0.05) is 18.2 Å². The van der Waals surface area contributed by atoms with Gasteiger partial charge < -0.3 is 9.84 Å². The van der Waals surface area contributed by atoms with E-state index in [0.717, 1.165) is 0 Å². The van der Waals surface area contributed by atoms with Crippen molar-refractivity contribution < 1.29 is 14.2 Å². The number of benzene rings is 1. The SMILES string of the molecule is CC1COC(CO)CN1Cc1ccccc1F. The Morgan fingerprint density at radius 3 is 2.94 bits per heavy atom. The van der Waals surface area contributed by atoms with Gasteiger partial charge in [0.15, 0.2) is 0 Å². The molecule has 0 spiro atoms. The van der Waals surface area contributed by atoms with Crippen LogP contribution in [-0.2, 0) is 11.3 Å². The molecule has 0 saturated carbocycles. The number of hydrogen-bond acceptors (Lipinski definition) is 3. The number of rotatable bonds is 3. The van der Waals surface area contributed by atoms with Gasteiger partial charge in [0.05, 0.1) is 19.3 Å². The molecule has 0 radical (unpaired) electrons. The average Bonchev–Trinajstić information content (AvgIpc) is 2.35. The van der Waals surface area contributed by atoms with E-state index in [2.05, 4.69) is 11.8 Å². The van der Waals surface area contributed by atoms with Gasteiger partial charge in [0.2, 0.25) is 0 Å². The van der Waals surface area contributed by atoms with Crippen molar-refractivity contribution in [2.75, 3.05) is 19.8 Å². The summed E-state index contributed by atoms with van der Waals surface area (Å²) in [6, 6.07) is 7.05. The Balaban J connectivity index is 2.04. The van der Waals surface area contributed by atoms with E-state index in [1.54, 1.807) is 12.1 Å². The normalized spacial score (nSPS) is 26.1. The van der Waals surface area contributed by atoms with Crippen molar-refractivity contribution in [3.8, 4) is 0 Å². The maximum absolute atomic E-state index is 13.5. The van der Waals surface area contributed by atoms with E-state index in [1.165, 1.54) is 6.07 Å². The van der Waals surface area contributed by atoms with Crippen LogP contribution < -0.4 is 0 Å². The Morgan fingerprint density at radius 2 is 2.24 bits per heavy atom. The van der Waals surface area contributed by atoms with Gasteiger partial charge in [0.1, 0.15) is 5.82 Å². The molecule has 0 aliphatic carbocycles. The third kappa shape index (κ3) is 3.03. The van der Waals surface area contributed by atoms with Gasteiger partial charge in [-0.2, -0.15) is 0 Å². The lowest BCUT2D eigenvalue weighted by atomic mass is 10.1. The molecule has 1 N–H and O–H groups in total. The summed E-state index contributed by atoms with van der Waals surface area (Å²) < 4.78 is 19.0. The molecule has 1 aromatic rings. The van der Waals surface area contributed by atoms with Gasteiger partial charge in [-0.3, -0.25) is 4.90 Å². The topological polar surface area (TPSA) is 32.7 Å². The van der Waals surface area contributed by atoms with Gasteiger partial charge in [0.25, 0.3) is 0 Å². The molecule has 94 valence electrons. The van der Waals surface area contributed by atoms with Crippen LogP contribution in [0.25, 0.3) is 0 Å². The van der Waals surface area contributed by atoms with Crippen LogP contribution in [0.1, 0.15) is 12.5 Å². The maximum atomic E-state index is 13.5. The summed E-state index contributed by atoms with van der Waals surface area (Å²) in [4.78, 5) is 2.14. The molecular formula is C13H18FNO2. The number of hydrogen-bond donors (Lipinski definition) is 1. The summed E-state index contributed by atoms with van der Waals surface area (Å²) in [6.45, 7) is 3.86. The van der Waals surface area contributed by atoms with Crippen molar-refractivity contribution in [3.63, 3.8) is 0 Å². The van der Waals surface area contributed by atoms with Crippen molar-refractivity contribution in [2.45, 2.75) is 25.6 Å². The molecule has 2 atom stereocenters. The standard InChI is InChI=1S/C13H18FNO2/c1-10-9-17-12(8-16)7-15(10)6-11-4-2-3-5-13(11)14/h2-5,10,12,16H,6-9H2,1H3. The van der Waals surface area contributed by atoms with Gasteiger partial charge in [-0.05, 0) is 13.0 Å². The quantitative estimate of drug-likeness (QED) is 0.865. The summed E-state index contributed by atoms with van der Waals surface area (Å²) in [7, 11) is 0. The molecule has 4 heteroatoms. The summed E-state index contributed by atoms with van der Waals surface area (Å²) in [5.74, 6) is -0.174. The van der Waals surface area contributed by atoms with Crippen molar-refractivity contribution in [1.29, 1.82) is 0 Å². The van der Waals surface area contributed by atoms with E-state index in [-0.39, 0.29) is 24.6 Å². The number of ether oxygens (including phenoxy) is 1. The molecule has 0 amide bonds. The zero-order valence-electron chi connectivity index (χ0n) is 9.97. The van der Waals surface area contributed by atoms with Crippen molar-refractivity contribution in [3.05, 3.63) is 35.6 Å². The number of nitrogens with zero attached hydrogens (tertiary/aromatic N) is 1. The second-order valence-corrected chi connectivity index (χ2v) is 4.51. The molecule has 1 aliphatic heterocycles. The monoisotopic (exact) mass is 239 g/mol. The van der Waals surface area contributed by atoms with Gasteiger partial charge in [-0.25, -0.2) is 4.39 Å². The van der Waals surface area contributed by atoms with Crippen LogP contribution >= 0.6 is 0 Å². The van der Waals surface area contributed by atoms with Crippen LogP contribution in [0.4, 0.5) is 4.39 Å². The fourth-order valence-electron chi connectivity index (χ4n) is 2.05. The first-order chi connectivity index (χ1) is 8.20. The second-order valence-electron chi connectivity index (χ2n) is 4.51. The van der Waals surface area contributed by atoms with Gasteiger partial charge in [-0.15, -0.1) is 0 Å². The highest BCUT2D eigenvalue weighted by Gasteiger charge is 2.25. The lowest BCUT2D eigenvalue weighted by Crippen LogP contribution is -2.48. The van der Waals surface area contributed by atoms with E-state index >= 15 is 0 Å². The van der Waals surface area contributed by atoms with Crippen LogP contribution in [0.3, 0.4) is 0 Å². The summed E-state index contributed by atoms with van der Waals surface area (Å²) in [5, 5.41) is 9.09. The van der Waals surface area contributed by atoms with Crippen LogP contribution in [0.5, 0.6) is 0 Å². The van der Waals surface area contributed by atoms with Gasteiger partial charge in [0, 0.05) is 24.7 Å². The van der Waals surface area contributed by atoms with E-state index in [9.17, 15) is 4.39 Å². The zero-order valence-corrected chi connectivity index (χ0v) is 9.97. The van der Waals surface area contributed by atoms with E-state index < -0.39 is 0 Å². The third-order valence-corrected chi connectivity index (χ3v) is 3.17. The average molecular weight is 239 g/mol. The predicted octanol–water partition coefficient (Wildman–Crippen LogP) is 1.41. The summed E-state index contributed by atoms with van der Waals surface area (Å²) in [6.07, 6.45) is -0.155. The molecule has 0 bridgehead atoms. The Bertz CT molecular complexity index is 372. The molecular weight excluding hydrogens is 221 g/mol. The van der Waals surface area contributed by atoms with E-state index in [1.807, 2.05) is 6.07 Å². The Morgan fingerprint density at radius 1 is 1.47 bits per heavy atom. The van der Waals surface area contributed by atoms with Crippen LogP contribution in [0, 0.1) is 5.82 Å². The summed E-state index contributed by atoms with van der Waals surface area (Å²) >= 11 is 0. The van der Waals surface area contributed by atoms with E-state index in [0.29, 0.717) is 25.3 Å². The minimum Gasteiger partial charge on any atom is -0.394 e. The maximum Gasteiger partial charge on any atom is 0.127 e. The second kappa shape index (κ2) is 5.58. The lowest BCUT2D eigenvalue weighted by molar-refractivity contribution is -0.0807. The van der Waals surface area contributed by atoms with Crippen molar-refractivity contribution in [2.24, 2.45) is 0 Å². The highest BCUT2D eigenvalue weighted by atomic mass is 19.1. The van der Waals surface area contributed by atoms with Crippen molar-refractivity contribution >= 4 is 0 Å². The molecule has 1 aromatic carbocycles. The summed E-state index contributed by atoms with van der Waals surface area (Å²) in [5.41, 5.74) is 0.693. The zero-order chi connectivity index (χ0) is 12.3. The van der Waals surface area contributed by atoms with Crippen LogP contribution in [0.2, 0.25) is 0 Å². The number of aliphatic hydroxyl groups is 1. The molecule has 1 heterocycles. The fourth-order valence-corrected chi connectivity index (χ4v) is 2.05. The van der Waals surface area contributed by atoms with Crippen LogP contribution in [0.15, 0.2) is 24.3 Å². The first-order valence-electron chi connectivity index (χ1n) is 5.90. The minimum atomic E-state index is -0.174. The lowest BCUT2D eigenvalue weighted by Gasteiger charge is -2.37. The number of morpholine rings is 1. The Kier molecular flexibility index (Phi) is 4.10. The molecule has 1 aliphatic rings. The molecule has 17 heavy (non-hydrogen) atoms. The molecule has 2 rings (SSSR count). The molecule has 1 saturated heterocycles. The molecule has 2 unspecified atom stereocenters. The minimum absolute atomic E-state index is 0.0144. The highest BCUT2D eigenvalue weighted by molar-refractivity contribution is 5.17. The van der Waals surface area contributed by atoms with Crippen molar-refractivity contribution in [1.82, 2.24) is 4.90 Å². The number of halogens is 1. The largest absolute Gasteiger partial charge is 0.394 e. The third-order valence-electron chi connectivity index (χ3n) is 3.17. The first-order valence-corrected chi connectivity index (χ1v) is 5.90. The predicted molar refractivity (Wildman–Crippen MR) is 63.1 cm³/mol. The smallest absolute Gasteiger partial charge is 0.127 e. The van der Waals surface area contributed by atoms with E-state index in [4.69, 9.17) is 9.84 Å². The van der Waals surface area contributed by atoms with Crippen LogP contribution in [-0.4, -0.2) is 41.9 Å². The fraction of sp³-hybridized carbons (Fsp3) is 0.538.